The van der Waals surface area contributed by atoms with Crippen LogP contribution in [0, 0.1) is 0 Å². The van der Waals surface area contributed by atoms with Crippen LogP contribution in [0.2, 0.25) is 0 Å². The SMILES string of the molecule is CN1CCC(N(C)c2ccccc2CBr)CC1. The number of alkyl halides is 1. The van der Waals surface area contributed by atoms with Gasteiger partial charge in [0.15, 0.2) is 0 Å². The van der Waals surface area contributed by atoms with Crippen LogP contribution in [0.1, 0.15) is 18.4 Å². The summed E-state index contributed by atoms with van der Waals surface area (Å²) in [5.41, 5.74) is 2.76. The van der Waals surface area contributed by atoms with Gasteiger partial charge in [-0.3, -0.25) is 0 Å². The molecule has 2 nitrogen and oxygen atoms in total. The fourth-order valence-corrected chi connectivity index (χ4v) is 3.02. The molecule has 0 N–H and O–H groups in total. The molecule has 0 radical (unpaired) electrons. The number of anilines is 1. The monoisotopic (exact) mass is 296 g/mol. The van der Waals surface area contributed by atoms with Crippen LogP contribution in [0.15, 0.2) is 24.3 Å². The van der Waals surface area contributed by atoms with Gasteiger partial charge in [-0.1, -0.05) is 34.1 Å². The molecule has 1 aromatic carbocycles. The molecule has 1 heterocycles. The Bertz CT molecular complexity index is 359. The van der Waals surface area contributed by atoms with Gasteiger partial charge in [0.05, 0.1) is 0 Å². The van der Waals surface area contributed by atoms with Gasteiger partial charge in [0, 0.05) is 24.1 Å². The lowest BCUT2D eigenvalue weighted by molar-refractivity contribution is 0.253. The van der Waals surface area contributed by atoms with Gasteiger partial charge in [0.2, 0.25) is 0 Å². The van der Waals surface area contributed by atoms with Crippen LogP contribution in [0.5, 0.6) is 0 Å². The molecule has 0 saturated carbocycles. The highest BCUT2D eigenvalue weighted by Gasteiger charge is 2.21. The molecule has 1 fully saturated rings. The number of nitrogens with zero attached hydrogens (tertiary/aromatic N) is 2. The summed E-state index contributed by atoms with van der Waals surface area (Å²) in [5.74, 6) is 0. The normalized spacial score (nSPS) is 18.3. The number of rotatable bonds is 3. The van der Waals surface area contributed by atoms with Gasteiger partial charge >= 0.3 is 0 Å². The van der Waals surface area contributed by atoms with E-state index >= 15 is 0 Å². The standard InChI is InChI=1S/C14H21BrN2/c1-16-9-7-13(8-10-16)17(2)14-6-4-3-5-12(14)11-15/h3-6,13H,7-11H2,1-2H3. The molecule has 0 aromatic heterocycles. The van der Waals surface area contributed by atoms with Gasteiger partial charge in [0.25, 0.3) is 0 Å². The zero-order valence-electron chi connectivity index (χ0n) is 10.7. The Hall–Kier alpha value is -0.540. The van der Waals surface area contributed by atoms with Gasteiger partial charge in [-0.15, -0.1) is 0 Å². The minimum Gasteiger partial charge on any atom is -0.371 e. The number of likely N-dealkylation sites (tertiary alicyclic amines) is 1. The van der Waals surface area contributed by atoms with Crippen LogP contribution in [-0.4, -0.2) is 38.1 Å². The third kappa shape index (κ3) is 3.02. The van der Waals surface area contributed by atoms with Gasteiger partial charge in [0.1, 0.15) is 0 Å². The van der Waals surface area contributed by atoms with Crippen molar-refractivity contribution in [2.75, 3.05) is 32.1 Å². The average molecular weight is 297 g/mol. The van der Waals surface area contributed by atoms with Crippen LogP contribution in [-0.2, 0) is 5.33 Å². The van der Waals surface area contributed by atoms with E-state index in [1.54, 1.807) is 0 Å². The number of hydrogen-bond acceptors (Lipinski definition) is 2. The molecule has 1 aromatic rings. The third-order valence-corrected chi connectivity index (χ3v) is 4.36. The van der Waals surface area contributed by atoms with E-state index in [1.807, 2.05) is 0 Å². The highest BCUT2D eigenvalue weighted by Crippen LogP contribution is 2.26. The number of halogens is 1. The summed E-state index contributed by atoms with van der Waals surface area (Å²) in [6.07, 6.45) is 2.53. The average Bonchev–Trinajstić information content (AvgIpc) is 2.39. The minimum atomic E-state index is 0.686. The highest BCUT2D eigenvalue weighted by atomic mass is 79.9. The first-order valence-electron chi connectivity index (χ1n) is 6.27. The van der Waals surface area contributed by atoms with E-state index in [9.17, 15) is 0 Å². The van der Waals surface area contributed by atoms with E-state index in [-0.39, 0.29) is 0 Å². The zero-order chi connectivity index (χ0) is 12.3. The predicted molar refractivity (Wildman–Crippen MR) is 78.0 cm³/mol. The Morgan fingerprint density at radius 2 is 1.94 bits per heavy atom. The van der Waals surface area contributed by atoms with E-state index in [2.05, 4.69) is 64.1 Å². The second kappa shape index (κ2) is 5.87. The first kappa shape index (κ1) is 12.9. The van der Waals surface area contributed by atoms with Crippen molar-refractivity contribution in [3.63, 3.8) is 0 Å². The molecule has 0 unspecified atom stereocenters. The lowest BCUT2D eigenvalue weighted by Gasteiger charge is -2.37. The molecule has 3 heteroatoms. The summed E-state index contributed by atoms with van der Waals surface area (Å²) in [5, 5.41) is 0.931. The van der Waals surface area contributed by atoms with Crippen LogP contribution in [0.25, 0.3) is 0 Å². The number of piperidine rings is 1. The zero-order valence-corrected chi connectivity index (χ0v) is 12.3. The second-order valence-electron chi connectivity index (χ2n) is 4.91. The van der Waals surface area contributed by atoms with Gasteiger partial charge in [-0.2, -0.15) is 0 Å². The van der Waals surface area contributed by atoms with Crippen molar-refractivity contribution in [2.24, 2.45) is 0 Å². The van der Waals surface area contributed by atoms with Gasteiger partial charge < -0.3 is 9.80 Å². The molecule has 94 valence electrons. The van der Waals surface area contributed by atoms with Crippen molar-refractivity contribution in [1.29, 1.82) is 0 Å². The smallest absolute Gasteiger partial charge is 0.0407 e. The fourth-order valence-electron chi connectivity index (χ4n) is 2.55. The van der Waals surface area contributed by atoms with Gasteiger partial charge in [-0.25, -0.2) is 0 Å². The Labute approximate surface area is 113 Å². The molecule has 2 rings (SSSR count). The van der Waals surface area contributed by atoms with Crippen LogP contribution in [0.4, 0.5) is 5.69 Å². The predicted octanol–water partition coefficient (Wildman–Crippen LogP) is 3.11. The number of hydrogen-bond donors (Lipinski definition) is 0. The number of benzene rings is 1. The van der Waals surface area contributed by atoms with E-state index in [0.29, 0.717) is 6.04 Å². The van der Waals surface area contributed by atoms with Crippen molar-refractivity contribution >= 4 is 21.6 Å². The molecule has 1 saturated heterocycles. The van der Waals surface area contributed by atoms with E-state index in [4.69, 9.17) is 0 Å². The summed E-state index contributed by atoms with van der Waals surface area (Å²) in [7, 11) is 4.44. The maximum Gasteiger partial charge on any atom is 0.0407 e. The Balaban J connectivity index is 2.10. The van der Waals surface area contributed by atoms with Crippen LogP contribution in [0.3, 0.4) is 0 Å². The molecule has 0 spiro atoms. The molecule has 0 amide bonds. The molecular formula is C14H21BrN2. The molecule has 17 heavy (non-hydrogen) atoms. The van der Waals surface area contributed by atoms with Crippen molar-refractivity contribution in [3.05, 3.63) is 29.8 Å². The lowest BCUT2D eigenvalue weighted by atomic mass is 10.0. The number of para-hydroxylation sites is 1. The molecule has 1 aliphatic rings. The van der Waals surface area contributed by atoms with Crippen molar-refractivity contribution < 1.29 is 0 Å². The molecular weight excluding hydrogens is 276 g/mol. The summed E-state index contributed by atoms with van der Waals surface area (Å²) >= 11 is 3.58. The largest absolute Gasteiger partial charge is 0.371 e. The topological polar surface area (TPSA) is 6.48 Å². The summed E-state index contributed by atoms with van der Waals surface area (Å²) in [6, 6.07) is 9.37. The Kier molecular flexibility index (Phi) is 4.46. The first-order valence-corrected chi connectivity index (χ1v) is 7.39. The van der Waals surface area contributed by atoms with E-state index in [0.717, 1.165) is 5.33 Å². The highest BCUT2D eigenvalue weighted by molar-refractivity contribution is 9.08. The quantitative estimate of drug-likeness (QED) is 0.791. The fraction of sp³-hybridized carbons (Fsp3) is 0.571. The van der Waals surface area contributed by atoms with Crippen molar-refractivity contribution in [2.45, 2.75) is 24.2 Å². The van der Waals surface area contributed by atoms with E-state index in [1.165, 1.54) is 37.2 Å². The second-order valence-corrected chi connectivity index (χ2v) is 5.47. The summed E-state index contributed by atoms with van der Waals surface area (Å²) < 4.78 is 0. The van der Waals surface area contributed by atoms with Crippen LogP contribution < -0.4 is 4.90 Å². The third-order valence-electron chi connectivity index (χ3n) is 3.75. The van der Waals surface area contributed by atoms with Gasteiger partial charge in [-0.05, 0) is 44.6 Å². The Morgan fingerprint density at radius 1 is 1.29 bits per heavy atom. The first-order chi connectivity index (χ1) is 8.22. The molecule has 0 aliphatic carbocycles. The summed E-state index contributed by atoms with van der Waals surface area (Å²) in [6.45, 7) is 2.43. The molecule has 0 atom stereocenters. The molecule has 0 bridgehead atoms. The van der Waals surface area contributed by atoms with Crippen LogP contribution >= 0.6 is 15.9 Å². The Morgan fingerprint density at radius 3 is 2.59 bits per heavy atom. The minimum absolute atomic E-state index is 0.686. The van der Waals surface area contributed by atoms with E-state index < -0.39 is 0 Å². The molecule has 1 aliphatic heterocycles. The van der Waals surface area contributed by atoms with Crippen molar-refractivity contribution in [3.8, 4) is 0 Å². The summed E-state index contributed by atoms with van der Waals surface area (Å²) in [4.78, 5) is 4.88. The maximum absolute atomic E-state index is 3.58. The maximum atomic E-state index is 3.58. The van der Waals surface area contributed by atoms with Crippen molar-refractivity contribution in [1.82, 2.24) is 4.90 Å². The lowest BCUT2D eigenvalue weighted by Crippen LogP contribution is -2.42.